The van der Waals surface area contributed by atoms with Gasteiger partial charge in [0, 0.05) is 18.5 Å². The first-order valence-electron chi connectivity index (χ1n) is 8.26. The third-order valence-corrected chi connectivity index (χ3v) is 2.97. The molecule has 0 aromatic heterocycles. The number of rotatable bonds is 1. The van der Waals surface area contributed by atoms with Crippen LogP contribution >= 0.6 is 0 Å². The standard InChI is InChI=1S/C8H17N.C4H8O.C3H8.C2H6/c1-4-7-5-8(2,3)6-9-7;1-4-2-5-3-4;1-3-2;1-2/h7,9H,4-6H2,1-3H3;4H,2-3H2,1H3;3H2,1-2H3;1-2H3. The molecule has 0 radical (unpaired) electrons. The Morgan fingerprint density at radius 2 is 1.53 bits per heavy atom. The second-order valence-corrected chi connectivity index (χ2v) is 6.20. The fraction of sp³-hybridized carbons (Fsp3) is 1.00. The van der Waals surface area contributed by atoms with E-state index in [0.717, 1.165) is 25.2 Å². The molecule has 0 aromatic carbocycles. The van der Waals surface area contributed by atoms with Gasteiger partial charge in [-0.3, -0.25) is 0 Å². The lowest BCUT2D eigenvalue weighted by molar-refractivity contribution is -0.0221. The molecule has 1 atom stereocenters. The maximum absolute atomic E-state index is 4.83. The Balaban J connectivity index is 0. The molecule has 0 amide bonds. The quantitative estimate of drug-likeness (QED) is 0.735. The molecule has 1 unspecified atom stereocenters. The molecule has 19 heavy (non-hydrogen) atoms. The van der Waals surface area contributed by atoms with Crippen LogP contribution in [-0.2, 0) is 4.74 Å². The Kier molecular flexibility index (Phi) is 14.4. The first-order valence-corrected chi connectivity index (χ1v) is 8.26. The monoisotopic (exact) mass is 273 g/mol. The largest absolute Gasteiger partial charge is 0.381 e. The van der Waals surface area contributed by atoms with E-state index in [-0.39, 0.29) is 0 Å². The molecule has 0 bridgehead atoms. The summed E-state index contributed by atoms with van der Waals surface area (Å²) in [6, 6.07) is 0.792. The summed E-state index contributed by atoms with van der Waals surface area (Å²) in [4.78, 5) is 0. The molecule has 2 fully saturated rings. The van der Waals surface area contributed by atoms with Gasteiger partial charge in [-0.2, -0.15) is 0 Å². The van der Waals surface area contributed by atoms with Crippen molar-refractivity contribution < 1.29 is 4.74 Å². The molecule has 2 saturated heterocycles. The number of ether oxygens (including phenoxy) is 1. The average molecular weight is 274 g/mol. The summed E-state index contributed by atoms with van der Waals surface area (Å²) in [5.41, 5.74) is 0.556. The number of hydrogen-bond donors (Lipinski definition) is 1. The van der Waals surface area contributed by atoms with E-state index >= 15 is 0 Å². The van der Waals surface area contributed by atoms with Gasteiger partial charge in [0.1, 0.15) is 0 Å². The number of nitrogens with one attached hydrogen (secondary N) is 1. The number of hydrogen-bond acceptors (Lipinski definition) is 2. The Hall–Kier alpha value is -0.0800. The molecule has 2 aliphatic rings. The highest BCUT2D eigenvalue weighted by molar-refractivity contribution is 4.86. The minimum Gasteiger partial charge on any atom is -0.381 e. The van der Waals surface area contributed by atoms with Crippen molar-refractivity contribution in [3.63, 3.8) is 0 Å². The summed E-state index contributed by atoms with van der Waals surface area (Å²) in [6.45, 7) is 20.5. The summed E-state index contributed by atoms with van der Waals surface area (Å²) < 4.78 is 4.83. The van der Waals surface area contributed by atoms with Crippen LogP contribution in [0.3, 0.4) is 0 Å². The molecular weight excluding hydrogens is 234 g/mol. The third-order valence-electron chi connectivity index (χ3n) is 2.97. The normalized spacial score (nSPS) is 23.7. The lowest BCUT2D eigenvalue weighted by Crippen LogP contribution is -2.23. The zero-order valence-corrected chi connectivity index (χ0v) is 14.8. The van der Waals surface area contributed by atoms with Crippen molar-refractivity contribution in [2.75, 3.05) is 19.8 Å². The summed E-state index contributed by atoms with van der Waals surface area (Å²) in [7, 11) is 0. The molecule has 2 aliphatic heterocycles. The minimum absolute atomic E-state index is 0.556. The minimum atomic E-state index is 0.556. The molecule has 0 spiro atoms. The Bertz CT molecular complexity index is 176. The first kappa shape index (κ1) is 21.2. The highest BCUT2D eigenvalue weighted by Crippen LogP contribution is 2.27. The topological polar surface area (TPSA) is 21.3 Å². The molecule has 1 N–H and O–H groups in total. The third kappa shape index (κ3) is 12.7. The second-order valence-electron chi connectivity index (χ2n) is 6.20. The van der Waals surface area contributed by atoms with E-state index in [0.29, 0.717) is 5.41 Å². The molecule has 2 nitrogen and oxygen atoms in total. The maximum atomic E-state index is 4.83. The fourth-order valence-electron chi connectivity index (χ4n) is 1.87. The predicted molar refractivity (Wildman–Crippen MR) is 87.8 cm³/mol. The molecule has 0 saturated carbocycles. The summed E-state index contributed by atoms with van der Waals surface area (Å²) in [5.74, 6) is 0.843. The van der Waals surface area contributed by atoms with Crippen LogP contribution in [0.1, 0.15) is 74.7 Å². The molecular formula is C17H39NO. The van der Waals surface area contributed by atoms with Crippen LogP contribution in [-0.4, -0.2) is 25.8 Å². The van der Waals surface area contributed by atoms with Crippen LogP contribution in [0.2, 0.25) is 0 Å². The molecule has 2 rings (SSSR count). The maximum Gasteiger partial charge on any atom is 0.0513 e. The van der Waals surface area contributed by atoms with Gasteiger partial charge >= 0.3 is 0 Å². The van der Waals surface area contributed by atoms with Gasteiger partial charge < -0.3 is 10.1 Å². The fourth-order valence-corrected chi connectivity index (χ4v) is 1.87. The van der Waals surface area contributed by atoms with Crippen molar-refractivity contribution in [3.8, 4) is 0 Å². The molecule has 2 heteroatoms. The molecule has 2 heterocycles. The van der Waals surface area contributed by atoms with Crippen LogP contribution in [0.5, 0.6) is 0 Å². The zero-order valence-electron chi connectivity index (χ0n) is 14.8. The zero-order chi connectivity index (χ0) is 15.3. The summed E-state index contributed by atoms with van der Waals surface area (Å²) >= 11 is 0. The van der Waals surface area contributed by atoms with Crippen LogP contribution in [0.15, 0.2) is 0 Å². The second kappa shape index (κ2) is 12.9. The molecule has 118 valence electrons. The van der Waals surface area contributed by atoms with Gasteiger partial charge in [-0.1, -0.05) is 61.8 Å². The van der Waals surface area contributed by atoms with Gasteiger partial charge in [0.05, 0.1) is 13.2 Å². The van der Waals surface area contributed by atoms with E-state index in [2.05, 4.69) is 46.9 Å². The Morgan fingerprint density at radius 3 is 1.63 bits per heavy atom. The van der Waals surface area contributed by atoms with Crippen molar-refractivity contribution in [2.24, 2.45) is 11.3 Å². The lowest BCUT2D eigenvalue weighted by Gasteiger charge is -2.20. The highest BCUT2D eigenvalue weighted by Gasteiger charge is 2.28. The van der Waals surface area contributed by atoms with Gasteiger partial charge in [-0.25, -0.2) is 0 Å². The van der Waals surface area contributed by atoms with E-state index in [9.17, 15) is 0 Å². The molecule has 0 aliphatic carbocycles. The SMILES string of the molecule is CC.CC1COC1.CCC.CCC1CC(C)(C)CN1. The summed E-state index contributed by atoms with van der Waals surface area (Å²) in [6.07, 6.45) is 3.88. The Morgan fingerprint density at radius 1 is 1.11 bits per heavy atom. The van der Waals surface area contributed by atoms with Gasteiger partial charge in [0.2, 0.25) is 0 Å². The van der Waals surface area contributed by atoms with Gasteiger partial charge in [-0.05, 0) is 18.3 Å². The predicted octanol–water partition coefficient (Wildman–Crippen LogP) is 4.88. The van der Waals surface area contributed by atoms with Gasteiger partial charge in [0.15, 0.2) is 0 Å². The van der Waals surface area contributed by atoms with E-state index in [1.165, 1.54) is 25.8 Å². The van der Waals surface area contributed by atoms with Crippen molar-refractivity contribution >= 4 is 0 Å². The summed E-state index contributed by atoms with van der Waals surface area (Å²) in [5, 5.41) is 3.50. The van der Waals surface area contributed by atoms with Crippen LogP contribution in [0, 0.1) is 11.3 Å². The van der Waals surface area contributed by atoms with Gasteiger partial charge in [-0.15, -0.1) is 0 Å². The smallest absolute Gasteiger partial charge is 0.0513 e. The Labute approximate surface area is 122 Å². The van der Waals surface area contributed by atoms with Crippen LogP contribution < -0.4 is 5.32 Å². The average Bonchev–Trinajstić information content (AvgIpc) is 2.71. The van der Waals surface area contributed by atoms with E-state index in [4.69, 9.17) is 4.74 Å². The van der Waals surface area contributed by atoms with Crippen LogP contribution in [0.4, 0.5) is 0 Å². The van der Waals surface area contributed by atoms with E-state index in [1.807, 2.05) is 13.8 Å². The first-order chi connectivity index (χ1) is 8.95. The van der Waals surface area contributed by atoms with E-state index in [1.54, 1.807) is 0 Å². The van der Waals surface area contributed by atoms with E-state index < -0.39 is 0 Å². The van der Waals surface area contributed by atoms with Gasteiger partial charge in [0.25, 0.3) is 0 Å². The molecule has 0 aromatic rings. The van der Waals surface area contributed by atoms with Crippen molar-refractivity contribution in [1.29, 1.82) is 0 Å². The lowest BCUT2D eigenvalue weighted by atomic mass is 9.90. The van der Waals surface area contributed by atoms with Crippen molar-refractivity contribution in [1.82, 2.24) is 5.32 Å². The highest BCUT2D eigenvalue weighted by atomic mass is 16.5. The van der Waals surface area contributed by atoms with Crippen molar-refractivity contribution in [3.05, 3.63) is 0 Å². The van der Waals surface area contributed by atoms with Crippen LogP contribution in [0.25, 0.3) is 0 Å². The van der Waals surface area contributed by atoms with Crippen molar-refractivity contribution in [2.45, 2.75) is 80.7 Å².